The number of aromatic amines is 1. The number of ether oxygens (including phenoxy) is 3. The molecular formula is C31H28N4O4. The highest BCUT2D eigenvalue weighted by Gasteiger charge is 2.29. The molecule has 8 nitrogen and oxygen atoms in total. The number of esters is 1. The van der Waals surface area contributed by atoms with Gasteiger partial charge >= 0.3 is 5.97 Å². The van der Waals surface area contributed by atoms with Gasteiger partial charge in [-0.3, -0.25) is 9.79 Å². The summed E-state index contributed by atoms with van der Waals surface area (Å²) < 4.78 is 17.0. The molecule has 5 rings (SSSR count). The molecule has 0 atom stereocenters. The summed E-state index contributed by atoms with van der Waals surface area (Å²) in [6, 6.07) is 9.34. The Morgan fingerprint density at radius 1 is 0.974 bits per heavy atom. The SMILES string of the molecule is COc1ccccc1OC1=C(C)/C(=C(\C)c2[nH]c(/C=C3\C=CC(/C=C4\C=CC=N4)=N3)cc2C)N=C1OC(C)=O. The van der Waals surface area contributed by atoms with Crippen molar-refractivity contribution in [1.29, 1.82) is 0 Å². The number of hydrogen-bond donors (Lipinski definition) is 1. The van der Waals surface area contributed by atoms with Crippen LogP contribution in [-0.2, 0) is 9.53 Å². The Morgan fingerprint density at radius 3 is 2.49 bits per heavy atom. The lowest BCUT2D eigenvalue weighted by molar-refractivity contribution is -0.133. The van der Waals surface area contributed by atoms with Gasteiger partial charge in [-0.05, 0) is 86.6 Å². The molecule has 39 heavy (non-hydrogen) atoms. The van der Waals surface area contributed by atoms with E-state index < -0.39 is 5.97 Å². The number of benzene rings is 1. The van der Waals surface area contributed by atoms with E-state index in [1.165, 1.54) is 6.92 Å². The van der Waals surface area contributed by atoms with Crippen LogP contribution in [0.5, 0.6) is 11.5 Å². The highest BCUT2D eigenvalue weighted by atomic mass is 16.6. The Kier molecular flexibility index (Phi) is 7.10. The van der Waals surface area contributed by atoms with Gasteiger partial charge in [0, 0.05) is 30.1 Å². The van der Waals surface area contributed by atoms with Crippen molar-refractivity contribution in [3.63, 3.8) is 0 Å². The summed E-state index contributed by atoms with van der Waals surface area (Å²) in [5.74, 6) is 1.04. The Balaban J connectivity index is 1.47. The number of aliphatic imine (C=N–C) groups is 3. The van der Waals surface area contributed by atoms with Gasteiger partial charge in [-0.25, -0.2) is 9.98 Å². The molecule has 1 aromatic carbocycles. The molecular weight excluding hydrogens is 492 g/mol. The minimum absolute atomic E-state index is 0.111. The zero-order valence-electron chi connectivity index (χ0n) is 22.4. The highest BCUT2D eigenvalue weighted by Crippen LogP contribution is 2.36. The molecule has 3 aliphatic rings. The van der Waals surface area contributed by atoms with Crippen molar-refractivity contribution in [3.05, 3.63) is 106 Å². The standard InChI is InChI=1S/C31H28N4O4/c1-18-15-25(17-24-13-12-23(33-24)16-22-9-8-14-32-22)34-28(18)19(2)29-20(3)30(31(35-29)38-21(4)36)39-27-11-7-6-10-26(27)37-5/h6-17,34H,1-5H3/b22-16+,24-17+,29-19-. The normalized spacial score (nSPS) is 19.3. The highest BCUT2D eigenvalue weighted by molar-refractivity contribution is 6.08. The van der Waals surface area contributed by atoms with Gasteiger partial charge < -0.3 is 19.2 Å². The molecule has 0 saturated heterocycles. The van der Waals surface area contributed by atoms with Crippen LogP contribution in [0.25, 0.3) is 11.6 Å². The molecule has 0 radical (unpaired) electrons. The van der Waals surface area contributed by atoms with Crippen LogP contribution in [0.1, 0.15) is 37.7 Å². The molecule has 0 amide bonds. The predicted octanol–water partition coefficient (Wildman–Crippen LogP) is 6.27. The second kappa shape index (κ2) is 10.8. The van der Waals surface area contributed by atoms with Gasteiger partial charge in [-0.2, -0.15) is 0 Å². The third-order valence-corrected chi connectivity index (χ3v) is 6.25. The van der Waals surface area contributed by atoms with Crippen LogP contribution in [-0.4, -0.2) is 35.9 Å². The summed E-state index contributed by atoms with van der Waals surface area (Å²) in [6.45, 7) is 7.23. The van der Waals surface area contributed by atoms with E-state index in [0.717, 1.165) is 45.2 Å². The first-order chi connectivity index (χ1) is 18.8. The number of hydrogen-bond acceptors (Lipinski definition) is 7. The number of carbonyl (C=O) groups excluding carboxylic acids is 1. The second-order valence-electron chi connectivity index (χ2n) is 9.12. The molecule has 1 N–H and O–H groups in total. The van der Waals surface area contributed by atoms with Crippen LogP contribution in [0, 0.1) is 6.92 Å². The van der Waals surface area contributed by atoms with Crippen molar-refractivity contribution in [3.8, 4) is 11.5 Å². The van der Waals surface area contributed by atoms with Gasteiger partial charge in [-0.15, -0.1) is 0 Å². The number of aromatic nitrogens is 1. The lowest BCUT2D eigenvalue weighted by atomic mass is 10.1. The third kappa shape index (κ3) is 5.50. The number of H-pyrrole nitrogens is 1. The molecule has 0 aliphatic carbocycles. The maximum Gasteiger partial charge on any atom is 0.309 e. The average molecular weight is 521 g/mol. The van der Waals surface area contributed by atoms with Gasteiger partial charge in [0.25, 0.3) is 5.90 Å². The summed E-state index contributed by atoms with van der Waals surface area (Å²) in [6.07, 6.45) is 13.5. The number of aryl methyl sites for hydroxylation is 1. The molecule has 1 aromatic heterocycles. The summed E-state index contributed by atoms with van der Waals surface area (Å²) in [7, 11) is 1.57. The van der Waals surface area contributed by atoms with Crippen LogP contribution in [0.2, 0.25) is 0 Å². The number of nitrogens with one attached hydrogen (secondary N) is 1. The molecule has 2 aromatic rings. The number of allylic oxidation sites excluding steroid dienone is 7. The van der Waals surface area contributed by atoms with E-state index >= 15 is 0 Å². The first-order valence-electron chi connectivity index (χ1n) is 12.4. The number of nitrogens with zero attached hydrogens (tertiary/aromatic N) is 3. The smallest absolute Gasteiger partial charge is 0.309 e. The van der Waals surface area contributed by atoms with Gasteiger partial charge in [-0.1, -0.05) is 12.1 Å². The second-order valence-corrected chi connectivity index (χ2v) is 9.12. The quantitative estimate of drug-likeness (QED) is 0.454. The lowest BCUT2D eigenvalue weighted by Crippen LogP contribution is -2.14. The van der Waals surface area contributed by atoms with Crippen molar-refractivity contribution >= 4 is 35.4 Å². The van der Waals surface area contributed by atoms with E-state index in [1.807, 2.05) is 69.4 Å². The fourth-order valence-electron chi connectivity index (χ4n) is 4.44. The van der Waals surface area contributed by atoms with E-state index in [2.05, 4.69) is 26.0 Å². The largest absolute Gasteiger partial charge is 0.493 e. The number of rotatable bonds is 6. The van der Waals surface area contributed by atoms with Crippen LogP contribution in [0.4, 0.5) is 0 Å². The summed E-state index contributed by atoms with van der Waals surface area (Å²) >= 11 is 0. The van der Waals surface area contributed by atoms with Crippen molar-refractivity contribution < 1.29 is 19.0 Å². The van der Waals surface area contributed by atoms with Gasteiger partial charge in [0.2, 0.25) is 0 Å². The van der Waals surface area contributed by atoms with Gasteiger partial charge in [0.05, 0.1) is 29.9 Å². The summed E-state index contributed by atoms with van der Waals surface area (Å²) in [5.41, 5.74) is 7.73. The predicted molar refractivity (Wildman–Crippen MR) is 154 cm³/mol. The van der Waals surface area contributed by atoms with Crippen molar-refractivity contribution in [1.82, 2.24) is 4.98 Å². The zero-order chi connectivity index (χ0) is 27.5. The minimum atomic E-state index is -0.484. The monoisotopic (exact) mass is 520 g/mol. The van der Waals surface area contributed by atoms with Gasteiger partial charge in [0.1, 0.15) is 0 Å². The van der Waals surface area contributed by atoms with E-state index in [0.29, 0.717) is 23.0 Å². The molecule has 3 aliphatic heterocycles. The van der Waals surface area contributed by atoms with Crippen molar-refractivity contribution in [2.45, 2.75) is 27.7 Å². The van der Waals surface area contributed by atoms with Crippen LogP contribution in [0.15, 0.2) is 104 Å². The minimum Gasteiger partial charge on any atom is -0.493 e. The van der Waals surface area contributed by atoms with Crippen molar-refractivity contribution in [2.24, 2.45) is 15.0 Å². The first kappa shape index (κ1) is 25.7. The molecule has 0 fully saturated rings. The topological polar surface area (TPSA) is 97.6 Å². The van der Waals surface area contributed by atoms with Crippen LogP contribution < -0.4 is 9.47 Å². The summed E-state index contributed by atoms with van der Waals surface area (Å²) in [5, 5.41) is 0. The van der Waals surface area contributed by atoms with Gasteiger partial charge in [0.15, 0.2) is 17.3 Å². The zero-order valence-corrected chi connectivity index (χ0v) is 22.4. The molecule has 196 valence electrons. The molecule has 4 heterocycles. The lowest BCUT2D eigenvalue weighted by Gasteiger charge is -2.12. The molecule has 0 saturated carbocycles. The van der Waals surface area contributed by atoms with E-state index in [4.69, 9.17) is 14.2 Å². The number of para-hydroxylation sites is 2. The Labute approximate surface area is 226 Å². The Bertz CT molecular complexity index is 1620. The molecule has 0 spiro atoms. The van der Waals surface area contributed by atoms with Crippen molar-refractivity contribution in [2.75, 3.05) is 7.11 Å². The average Bonchev–Trinajstić information content (AvgIpc) is 3.70. The Hall–Kier alpha value is -4.98. The fraction of sp³-hybridized carbons (Fsp3) is 0.161. The fourth-order valence-corrected chi connectivity index (χ4v) is 4.44. The first-order valence-corrected chi connectivity index (χ1v) is 12.4. The number of methoxy groups -OCH3 is 1. The third-order valence-electron chi connectivity index (χ3n) is 6.25. The maximum absolute atomic E-state index is 11.9. The van der Waals surface area contributed by atoms with E-state index in [1.54, 1.807) is 25.5 Å². The number of carbonyl (C=O) groups is 1. The Morgan fingerprint density at radius 2 is 1.77 bits per heavy atom. The molecule has 8 heteroatoms. The van der Waals surface area contributed by atoms with E-state index in [9.17, 15) is 4.79 Å². The summed E-state index contributed by atoms with van der Waals surface area (Å²) in [4.78, 5) is 28.9. The maximum atomic E-state index is 11.9. The molecule has 0 unspecified atom stereocenters. The van der Waals surface area contributed by atoms with Crippen LogP contribution >= 0.6 is 0 Å². The molecule has 0 bridgehead atoms. The van der Waals surface area contributed by atoms with Crippen LogP contribution in [0.3, 0.4) is 0 Å². The van der Waals surface area contributed by atoms with E-state index in [-0.39, 0.29) is 5.90 Å².